The molecule has 0 saturated heterocycles. The van der Waals surface area contributed by atoms with Crippen molar-refractivity contribution in [3.63, 3.8) is 0 Å². The van der Waals surface area contributed by atoms with Gasteiger partial charge in [-0.2, -0.15) is 0 Å². The molecule has 3 aromatic rings. The number of rotatable bonds is 4. The summed E-state index contributed by atoms with van der Waals surface area (Å²) in [6.07, 6.45) is 0. The molecular weight excluding hydrogens is 394 g/mol. The summed E-state index contributed by atoms with van der Waals surface area (Å²) in [6.45, 7) is 7.86. The number of hydrogen-bond donors (Lipinski definition) is 0. The minimum atomic E-state index is -0.251. The maximum absolute atomic E-state index is 13.1. The van der Waals surface area contributed by atoms with Crippen molar-refractivity contribution in [2.75, 3.05) is 7.11 Å². The van der Waals surface area contributed by atoms with Crippen LogP contribution in [0.1, 0.15) is 39.8 Å². The molecule has 2 nitrogen and oxygen atoms in total. The zero-order valence-corrected chi connectivity index (χ0v) is 17.4. The van der Waals surface area contributed by atoms with Crippen LogP contribution < -0.4 is 4.74 Å². The van der Waals surface area contributed by atoms with Gasteiger partial charge in [-0.25, -0.2) is 0 Å². The Balaban J connectivity index is 0.00000117. The van der Waals surface area contributed by atoms with Crippen molar-refractivity contribution in [3.05, 3.63) is 75.5 Å². The SMILES string of the molecule is CC.COc1cc(C)c(C(=O)c2ccc(-c3ccc(F)cc3)[se]2)cc1C. The Hall–Kier alpha value is -2.16. The molecular formula is C22H23FO2Se. The van der Waals surface area contributed by atoms with Crippen molar-refractivity contribution in [2.45, 2.75) is 27.7 Å². The van der Waals surface area contributed by atoms with Gasteiger partial charge in [0.05, 0.1) is 0 Å². The molecule has 0 spiro atoms. The molecule has 0 bridgehead atoms. The first-order chi connectivity index (χ1) is 12.5. The predicted molar refractivity (Wildman–Crippen MR) is 106 cm³/mol. The number of methoxy groups -OCH3 is 1. The molecule has 26 heavy (non-hydrogen) atoms. The fourth-order valence-electron chi connectivity index (χ4n) is 2.62. The van der Waals surface area contributed by atoms with E-state index in [0.29, 0.717) is 0 Å². The Morgan fingerprint density at radius 2 is 1.62 bits per heavy atom. The summed E-state index contributed by atoms with van der Waals surface area (Å²) in [5, 5.41) is 0. The molecule has 4 heteroatoms. The predicted octanol–water partition coefficient (Wildman–Crippen LogP) is 5.43. The third-order valence-corrected chi connectivity index (χ3v) is 6.32. The van der Waals surface area contributed by atoms with E-state index >= 15 is 0 Å². The Morgan fingerprint density at radius 3 is 2.23 bits per heavy atom. The Kier molecular flexibility index (Phi) is 6.96. The van der Waals surface area contributed by atoms with Crippen LogP contribution in [0.2, 0.25) is 0 Å². The third kappa shape index (κ3) is 4.32. The number of ether oxygens (including phenoxy) is 1. The number of carbonyl (C=O) groups is 1. The van der Waals surface area contributed by atoms with Crippen LogP contribution in [-0.2, 0) is 0 Å². The van der Waals surface area contributed by atoms with Crippen LogP contribution >= 0.6 is 0 Å². The summed E-state index contributed by atoms with van der Waals surface area (Å²) in [6, 6.07) is 14.1. The van der Waals surface area contributed by atoms with Crippen LogP contribution in [0.15, 0.2) is 48.5 Å². The third-order valence-electron chi connectivity index (χ3n) is 3.95. The summed E-state index contributed by atoms with van der Waals surface area (Å²) >= 11 is -0.0742. The number of ketones is 1. The van der Waals surface area contributed by atoms with E-state index in [2.05, 4.69) is 0 Å². The van der Waals surface area contributed by atoms with Crippen molar-refractivity contribution < 1.29 is 13.9 Å². The van der Waals surface area contributed by atoms with Gasteiger partial charge in [0, 0.05) is 0 Å². The average molecular weight is 417 g/mol. The van der Waals surface area contributed by atoms with E-state index in [1.807, 2.05) is 52.0 Å². The number of benzene rings is 2. The van der Waals surface area contributed by atoms with Gasteiger partial charge in [-0.1, -0.05) is 13.8 Å². The first-order valence-corrected chi connectivity index (χ1v) is 10.3. The number of halogens is 1. The van der Waals surface area contributed by atoms with Gasteiger partial charge in [0.2, 0.25) is 0 Å². The van der Waals surface area contributed by atoms with E-state index in [1.165, 1.54) is 12.1 Å². The molecule has 1 aromatic heterocycles. The fourth-order valence-corrected chi connectivity index (χ4v) is 4.64. The second-order valence-electron chi connectivity index (χ2n) is 5.64. The topological polar surface area (TPSA) is 26.3 Å². The summed E-state index contributed by atoms with van der Waals surface area (Å²) in [4.78, 5) is 12.9. The first kappa shape index (κ1) is 20.2. The van der Waals surface area contributed by atoms with E-state index in [9.17, 15) is 9.18 Å². The molecule has 0 aliphatic carbocycles. The van der Waals surface area contributed by atoms with Crippen LogP contribution in [0, 0.1) is 19.7 Å². The van der Waals surface area contributed by atoms with Crippen molar-refractivity contribution in [1.82, 2.24) is 0 Å². The van der Waals surface area contributed by atoms with Crippen LogP contribution in [-0.4, -0.2) is 27.4 Å². The van der Waals surface area contributed by atoms with Crippen molar-refractivity contribution in [1.29, 1.82) is 0 Å². The van der Waals surface area contributed by atoms with Gasteiger partial charge in [-0.05, 0) is 0 Å². The molecule has 0 fully saturated rings. The second-order valence-corrected chi connectivity index (χ2v) is 7.91. The van der Waals surface area contributed by atoms with Gasteiger partial charge in [0.25, 0.3) is 0 Å². The van der Waals surface area contributed by atoms with Crippen LogP contribution in [0.3, 0.4) is 0 Å². The summed E-state index contributed by atoms with van der Waals surface area (Å²) < 4.78 is 20.3. The fraction of sp³-hybridized carbons (Fsp3) is 0.227. The van der Waals surface area contributed by atoms with E-state index in [0.717, 1.165) is 36.9 Å². The van der Waals surface area contributed by atoms with Gasteiger partial charge < -0.3 is 0 Å². The number of carbonyl (C=O) groups excluding carboxylic acids is 1. The van der Waals surface area contributed by atoms with Gasteiger partial charge >= 0.3 is 146 Å². The summed E-state index contributed by atoms with van der Waals surface area (Å²) in [7, 11) is 1.63. The normalized spacial score (nSPS) is 10.1. The summed E-state index contributed by atoms with van der Waals surface area (Å²) in [5.74, 6) is 0.602. The van der Waals surface area contributed by atoms with E-state index < -0.39 is 0 Å². The molecule has 0 aliphatic heterocycles. The van der Waals surface area contributed by atoms with Crippen LogP contribution in [0.4, 0.5) is 4.39 Å². The molecule has 0 aliphatic rings. The molecule has 1 heterocycles. The molecule has 2 aromatic carbocycles. The maximum atomic E-state index is 13.1. The zero-order chi connectivity index (χ0) is 19.3. The Morgan fingerprint density at radius 1 is 0.962 bits per heavy atom. The first-order valence-electron chi connectivity index (χ1n) is 8.55. The average Bonchev–Trinajstić information content (AvgIpc) is 3.15. The van der Waals surface area contributed by atoms with Crippen molar-refractivity contribution >= 4 is 20.3 Å². The molecule has 0 atom stereocenters. The minimum absolute atomic E-state index is 0.0617. The molecule has 0 amide bonds. The molecule has 136 valence electrons. The number of hydrogen-bond acceptors (Lipinski definition) is 2. The molecule has 0 saturated carbocycles. The Labute approximate surface area is 160 Å². The van der Waals surface area contributed by atoms with E-state index in [-0.39, 0.29) is 26.1 Å². The molecule has 0 N–H and O–H groups in total. The zero-order valence-electron chi connectivity index (χ0n) is 15.7. The number of aryl methyl sites for hydroxylation is 2. The van der Waals surface area contributed by atoms with E-state index in [4.69, 9.17) is 4.74 Å². The van der Waals surface area contributed by atoms with Crippen LogP contribution in [0.25, 0.3) is 10.0 Å². The van der Waals surface area contributed by atoms with Gasteiger partial charge in [-0.3, -0.25) is 0 Å². The van der Waals surface area contributed by atoms with Gasteiger partial charge in [0.15, 0.2) is 0 Å². The Bertz CT molecular complexity index is 895. The van der Waals surface area contributed by atoms with E-state index in [1.54, 1.807) is 19.2 Å². The molecule has 0 unspecified atom stereocenters. The van der Waals surface area contributed by atoms with Crippen LogP contribution in [0.5, 0.6) is 5.75 Å². The van der Waals surface area contributed by atoms with Gasteiger partial charge in [0.1, 0.15) is 0 Å². The standard InChI is InChI=1S/C20H17FO2Se.C2H6/c1-12-11-17(23-3)13(2)10-16(12)20(22)19-9-8-18(24-19)14-4-6-15(21)7-5-14;1-2/h4-11H,1-3H3;1-2H3. The van der Waals surface area contributed by atoms with Crippen molar-refractivity contribution in [2.24, 2.45) is 0 Å². The van der Waals surface area contributed by atoms with Crippen molar-refractivity contribution in [3.8, 4) is 15.8 Å². The second kappa shape index (κ2) is 8.97. The van der Waals surface area contributed by atoms with Gasteiger partial charge in [-0.15, -0.1) is 0 Å². The quantitative estimate of drug-likeness (QED) is 0.418. The monoisotopic (exact) mass is 418 g/mol. The summed E-state index contributed by atoms with van der Waals surface area (Å²) in [5.41, 5.74) is 3.55. The molecule has 3 rings (SSSR count). The molecule has 0 radical (unpaired) electrons.